The second-order valence-corrected chi connectivity index (χ2v) is 8.72. The summed E-state index contributed by atoms with van der Waals surface area (Å²) in [5.74, 6) is -2.70. The van der Waals surface area contributed by atoms with Crippen LogP contribution in [0.4, 0.5) is 18.0 Å². The molecule has 182 valence electrons. The van der Waals surface area contributed by atoms with E-state index in [-0.39, 0.29) is 30.7 Å². The fraction of sp³-hybridized carbons (Fsp3) is 0.440. The van der Waals surface area contributed by atoms with Gasteiger partial charge in [0.05, 0.1) is 6.04 Å². The minimum atomic E-state index is -0.976. The highest BCUT2D eigenvalue weighted by atomic mass is 19.2. The first-order chi connectivity index (χ1) is 16.4. The van der Waals surface area contributed by atoms with E-state index < -0.39 is 35.5 Å². The maximum Gasteiger partial charge on any atom is 0.415 e. The average molecular weight is 476 g/mol. The number of benzene rings is 2. The highest BCUT2D eigenvalue weighted by molar-refractivity contribution is 5.80. The molecule has 0 saturated carbocycles. The molecule has 1 N–H and O–H groups in total. The first-order valence-corrected chi connectivity index (χ1v) is 11.6. The Morgan fingerprint density at radius 1 is 1.03 bits per heavy atom. The predicted octanol–water partition coefficient (Wildman–Crippen LogP) is 3.92. The van der Waals surface area contributed by atoms with E-state index in [1.54, 1.807) is 11.8 Å². The minimum absolute atomic E-state index is 0.0135. The van der Waals surface area contributed by atoms with E-state index in [0.29, 0.717) is 12.1 Å². The Balaban J connectivity index is 1.59. The molecule has 0 bridgehead atoms. The van der Waals surface area contributed by atoms with Gasteiger partial charge in [0.2, 0.25) is 5.91 Å². The smallest absolute Gasteiger partial charge is 0.410 e. The number of hydrogen-bond donors (Lipinski definition) is 1. The normalized spacial score (nSPS) is 20.9. The van der Waals surface area contributed by atoms with Gasteiger partial charge in [-0.3, -0.25) is 4.79 Å². The average Bonchev–Trinajstić information content (AvgIpc) is 3.28. The van der Waals surface area contributed by atoms with Gasteiger partial charge in [-0.15, -0.1) is 0 Å². The van der Waals surface area contributed by atoms with Crippen molar-refractivity contribution < 1.29 is 27.5 Å². The predicted molar refractivity (Wildman–Crippen MR) is 120 cm³/mol. The molecule has 0 radical (unpaired) electrons. The number of amides is 2. The fourth-order valence-corrected chi connectivity index (χ4v) is 4.84. The van der Waals surface area contributed by atoms with Crippen LogP contribution in [0.15, 0.2) is 42.5 Å². The lowest BCUT2D eigenvalue weighted by molar-refractivity contribution is -0.135. The maximum atomic E-state index is 14.1. The third kappa shape index (κ3) is 5.19. The Bertz CT molecular complexity index is 1030. The monoisotopic (exact) mass is 475 g/mol. The number of likely N-dealkylation sites (N-methyl/N-ethyl adjacent to an activating group) is 1. The summed E-state index contributed by atoms with van der Waals surface area (Å²) in [6.07, 6.45) is 0.822. The van der Waals surface area contributed by atoms with Gasteiger partial charge < -0.3 is 19.9 Å². The molecule has 4 rings (SSSR count). The number of carbonyl (C=O) groups excluding carboxylic acids is 2. The first kappa shape index (κ1) is 24.1. The highest BCUT2D eigenvalue weighted by Gasteiger charge is 2.43. The Kier molecular flexibility index (Phi) is 7.41. The van der Waals surface area contributed by atoms with Crippen LogP contribution >= 0.6 is 0 Å². The summed E-state index contributed by atoms with van der Waals surface area (Å²) in [5.41, 5.74) is 0.512. The zero-order valence-corrected chi connectivity index (χ0v) is 19.0. The van der Waals surface area contributed by atoms with Crippen molar-refractivity contribution in [2.45, 2.75) is 31.7 Å². The topological polar surface area (TPSA) is 61.9 Å². The summed E-state index contributed by atoms with van der Waals surface area (Å²) < 4.78 is 46.3. The van der Waals surface area contributed by atoms with E-state index in [9.17, 15) is 22.8 Å². The van der Waals surface area contributed by atoms with Crippen molar-refractivity contribution in [3.8, 4) is 5.75 Å². The van der Waals surface area contributed by atoms with E-state index >= 15 is 0 Å². The molecule has 6 nitrogen and oxygen atoms in total. The van der Waals surface area contributed by atoms with Gasteiger partial charge in [-0.25, -0.2) is 18.0 Å². The first-order valence-electron chi connectivity index (χ1n) is 11.6. The number of likely N-dealkylation sites (tertiary alicyclic amines) is 1. The number of hydrogen-bond acceptors (Lipinski definition) is 4. The number of carbonyl (C=O) groups is 2. The van der Waals surface area contributed by atoms with E-state index in [0.717, 1.165) is 38.1 Å². The second-order valence-electron chi connectivity index (χ2n) is 8.72. The lowest BCUT2D eigenvalue weighted by Gasteiger charge is -2.31. The number of ether oxygens (including phenoxy) is 1. The minimum Gasteiger partial charge on any atom is -0.410 e. The van der Waals surface area contributed by atoms with Crippen molar-refractivity contribution >= 4 is 12.0 Å². The molecule has 2 amide bonds. The third-order valence-electron chi connectivity index (χ3n) is 6.66. The number of rotatable bonds is 5. The van der Waals surface area contributed by atoms with Crippen LogP contribution in [0, 0.1) is 23.4 Å². The van der Waals surface area contributed by atoms with Gasteiger partial charge in [-0.2, -0.15) is 0 Å². The number of nitrogens with one attached hydrogen (secondary N) is 1. The summed E-state index contributed by atoms with van der Waals surface area (Å²) in [6.45, 7) is 4.15. The summed E-state index contributed by atoms with van der Waals surface area (Å²) in [7, 11) is 0. The molecular formula is C25H28F3N3O3. The van der Waals surface area contributed by atoms with Crippen LogP contribution in [0.5, 0.6) is 5.75 Å². The van der Waals surface area contributed by atoms with E-state index in [1.165, 1.54) is 35.2 Å². The molecule has 2 aromatic carbocycles. The van der Waals surface area contributed by atoms with Gasteiger partial charge in [0.25, 0.3) is 0 Å². The standard InChI is InChI=1S/C25H28F3N3O3/c1-2-31(25(33)34-19-6-4-18(26)5-7-19)23-15-30(24(32)16-9-11-29-12-10-16)14-20(23)17-3-8-21(27)22(28)13-17/h3-8,13,16,20,23,29H,2,9-12,14-15H2,1H3/t20-,23+/m0/s1. The molecule has 2 atom stereocenters. The van der Waals surface area contributed by atoms with Crippen molar-refractivity contribution in [2.24, 2.45) is 5.92 Å². The highest BCUT2D eigenvalue weighted by Crippen LogP contribution is 2.34. The largest absolute Gasteiger partial charge is 0.415 e. The molecule has 0 aliphatic carbocycles. The molecule has 0 aromatic heterocycles. The number of nitrogens with zero attached hydrogens (tertiary/aromatic N) is 2. The molecule has 0 spiro atoms. The second kappa shape index (κ2) is 10.5. The molecule has 2 aromatic rings. The zero-order chi connectivity index (χ0) is 24.2. The van der Waals surface area contributed by atoms with Crippen molar-refractivity contribution in [1.29, 1.82) is 0 Å². The van der Waals surface area contributed by atoms with Crippen molar-refractivity contribution in [3.63, 3.8) is 0 Å². The Hall–Kier alpha value is -3.07. The van der Waals surface area contributed by atoms with Crippen LogP contribution < -0.4 is 10.1 Å². The molecule has 0 unspecified atom stereocenters. The number of halogens is 3. The summed E-state index contributed by atoms with van der Waals surface area (Å²) in [5, 5.41) is 3.24. The van der Waals surface area contributed by atoms with Crippen molar-refractivity contribution in [2.75, 3.05) is 32.7 Å². The van der Waals surface area contributed by atoms with Gasteiger partial charge in [0, 0.05) is 31.5 Å². The SMILES string of the molecule is CCN(C(=O)Oc1ccc(F)cc1)[C@@H]1CN(C(=O)C2CCNCC2)C[C@H]1c1ccc(F)c(F)c1. The molecular weight excluding hydrogens is 447 g/mol. The van der Waals surface area contributed by atoms with Gasteiger partial charge in [-0.05, 0) is 74.8 Å². The molecule has 9 heteroatoms. The molecule has 34 heavy (non-hydrogen) atoms. The van der Waals surface area contributed by atoms with Gasteiger partial charge in [0.1, 0.15) is 11.6 Å². The van der Waals surface area contributed by atoms with E-state index in [1.807, 2.05) is 0 Å². The van der Waals surface area contributed by atoms with Crippen LogP contribution in [0.3, 0.4) is 0 Å². The Labute approximate surface area is 196 Å². The Morgan fingerprint density at radius 2 is 1.74 bits per heavy atom. The van der Waals surface area contributed by atoms with E-state index in [4.69, 9.17) is 4.74 Å². The lowest BCUT2D eigenvalue weighted by atomic mass is 9.93. The number of piperidine rings is 1. The van der Waals surface area contributed by atoms with Crippen LogP contribution in [-0.4, -0.2) is 60.6 Å². The van der Waals surface area contributed by atoms with Crippen LogP contribution in [0.2, 0.25) is 0 Å². The molecule has 2 heterocycles. The summed E-state index contributed by atoms with van der Waals surface area (Å²) in [6, 6.07) is 8.29. The summed E-state index contributed by atoms with van der Waals surface area (Å²) in [4.78, 5) is 29.5. The van der Waals surface area contributed by atoms with Gasteiger partial charge in [0.15, 0.2) is 11.6 Å². The van der Waals surface area contributed by atoms with Crippen LogP contribution in [-0.2, 0) is 4.79 Å². The fourth-order valence-electron chi connectivity index (χ4n) is 4.84. The van der Waals surface area contributed by atoms with Crippen molar-refractivity contribution in [1.82, 2.24) is 15.1 Å². The van der Waals surface area contributed by atoms with Gasteiger partial charge >= 0.3 is 6.09 Å². The Morgan fingerprint density at radius 3 is 2.38 bits per heavy atom. The lowest BCUT2D eigenvalue weighted by Crippen LogP contribution is -2.46. The van der Waals surface area contributed by atoms with Gasteiger partial charge in [-0.1, -0.05) is 6.07 Å². The van der Waals surface area contributed by atoms with Crippen LogP contribution in [0.25, 0.3) is 0 Å². The maximum absolute atomic E-state index is 14.1. The quantitative estimate of drug-likeness (QED) is 0.712. The van der Waals surface area contributed by atoms with E-state index in [2.05, 4.69) is 5.32 Å². The van der Waals surface area contributed by atoms with Crippen molar-refractivity contribution in [3.05, 3.63) is 65.5 Å². The molecule has 2 fully saturated rings. The van der Waals surface area contributed by atoms with Crippen LogP contribution in [0.1, 0.15) is 31.2 Å². The zero-order valence-electron chi connectivity index (χ0n) is 19.0. The third-order valence-corrected chi connectivity index (χ3v) is 6.66. The molecule has 2 aliphatic heterocycles. The molecule has 2 aliphatic rings. The molecule has 2 saturated heterocycles. The summed E-state index contributed by atoms with van der Waals surface area (Å²) >= 11 is 0.